The molecule has 318 valence electrons. The van der Waals surface area contributed by atoms with Crippen LogP contribution in [0.3, 0.4) is 0 Å². The molecule has 0 radical (unpaired) electrons. The van der Waals surface area contributed by atoms with Gasteiger partial charge in [-0.25, -0.2) is 0 Å². The van der Waals surface area contributed by atoms with E-state index in [1.54, 1.807) is 46.1 Å². The third-order valence-electron chi connectivity index (χ3n) is 13.5. The number of non-ortho nitro benzene ring substituents is 1. The number of carbonyl (C=O) groups excluding carboxylic acids is 3. The highest BCUT2D eigenvalue weighted by Crippen LogP contribution is 2.60. The van der Waals surface area contributed by atoms with E-state index in [-0.39, 0.29) is 54.6 Å². The normalized spacial score (nSPS) is 22.9. The van der Waals surface area contributed by atoms with E-state index in [0.717, 1.165) is 17.2 Å². The molecule has 3 amide bonds. The first-order valence-electron chi connectivity index (χ1n) is 21.0. The molecule has 0 aromatic heterocycles. The molecule has 13 nitrogen and oxygen atoms in total. The minimum absolute atomic E-state index is 0.00723. The maximum absolute atomic E-state index is 15.4. The number of aliphatic hydroxyl groups excluding tert-OH is 1. The highest BCUT2D eigenvalue weighted by atomic mass is 28.3. The van der Waals surface area contributed by atoms with E-state index >= 15 is 4.79 Å². The first-order chi connectivity index (χ1) is 29.9. The van der Waals surface area contributed by atoms with Crippen LogP contribution in [-0.2, 0) is 26.5 Å². The average Bonchev–Trinajstić information content (AvgIpc) is 3.92. The number of benzene rings is 5. The molecule has 9 rings (SSSR count). The van der Waals surface area contributed by atoms with Gasteiger partial charge < -0.3 is 29.1 Å². The van der Waals surface area contributed by atoms with E-state index in [9.17, 15) is 24.8 Å². The Morgan fingerprint density at radius 3 is 2.35 bits per heavy atom. The smallest absolute Gasteiger partial charge is 0.269 e. The van der Waals surface area contributed by atoms with Gasteiger partial charge in [0.2, 0.25) is 5.91 Å². The van der Waals surface area contributed by atoms with Crippen molar-refractivity contribution in [2.45, 2.75) is 69.1 Å². The van der Waals surface area contributed by atoms with E-state index in [1.807, 2.05) is 85.8 Å². The molecular weight excluding hydrogens is 805 g/mol. The Kier molecular flexibility index (Phi) is 10.5. The number of nitro benzene ring substituents is 1. The lowest BCUT2D eigenvalue weighted by molar-refractivity contribution is -0.385. The lowest BCUT2D eigenvalue weighted by Crippen LogP contribution is -2.52. The first kappa shape index (κ1) is 41.0. The summed E-state index contributed by atoms with van der Waals surface area (Å²) in [6.45, 7) is 6.92. The molecule has 2 fully saturated rings. The van der Waals surface area contributed by atoms with Gasteiger partial charge in [0, 0.05) is 35.8 Å². The highest BCUT2D eigenvalue weighted by molar-refractivity contribution is 6.91. The monoisotopic (exact) mass is 852 g/mol. The topological polar surface area (TPSA) is 152 Å². The number of likely N-dealkylation sites (tertiary alicyclic amines) is 1. The largest absolute Gasteiger partial charge is 0.497 e. The van der Waals surface area contributed by atoms with Crippen molar-refractivity contribution >= 4 is 53.7 Å². The van der Waals surface area contributed by atoms with Gasteiger partial charge in [0.25, 0.3) is 17.5 Å². The molecule has 1 spiro atoms. The first-order valence-corrected chi connectivity index (χ1v) is 24.1. The van der Waals surface area contributed by atoms with E-state index in [1.165, 1.54) is 12.1 Å². The number of ether oxygens (including phenoxy) is 3. The predicted octanol–water partition coefficient (Wildman–Crippen LogP) is 7.82. The molecule has 5 aromatic carbocycles. The molecule has 5 aromatic rings. The molecule has 1 N–H and O–H groups in total. The molecule has 4 heterocycles. The summed E-state index contributed by atoms with van der Waals surface area (Å²) in [5.41, 5.74) is 1.17. The summed E-state index contributed by atoms with van der Waals surface area (Å²) in [6.07, 6.45) is 0.777. The van der Waals surface area contributed by atoms with Crippen LogP contribution >= 0.6 is 0 Å². The van der Waals surface area contributed by atoms with E-state index < -0.39 is 30.6 Å². The van der Waals surface area contributed by atoms with Crippen LogP contribution in [-0.4, -0.2) is 73.1 Å². The minimum atomic E-state index is -2.64. The van der Waals surface area contributed by atoms with Crippen molar-refractivity contribution in [1.82, 2.24) is 4.90 Å². The second-order valence-electron chi connectivity index (χ2n) is 17.1. The van der Waals surface area contributed by atoms with Gasteiger partial charge >= 0.3 is 0 Å². The van der Waals surface area contributed by atoms with Crippen LogP contribution in [0, 0.1) is 16.0 Å². The molecule has 4 aliphatic heterocycles. The van der Waals surface area contributed by atoms with Gasteiger partial charge in [-0.2, -0.15) is 0 Å². The summed E-state index contributed by atoms with van der Waals surface area (Å²) in [5.74, 6) is 0.437. The fourth-order valence-electron chi connectivity index (χ4n) is 10.4. The SMILES string of the molecule is COc1ccc([Si](C)(C)[C@H]2[C@H](CC(=O)N3CCC[C@H]3CO)O[C@@]3(C(=O)N(Cc4ccc(N5C(=O)c6ccccc6Oc6ccccc65)cc4)c4ccc([N+](=O)[O-])cc43)[C@@H]2C)cc1. The van der Waals surface area contributed by atoms with E-state index in [0.29, 0.717) is 58.4 Å². The van der Waals surface area contributed by atoms with Gasteiger partial charge in [-0.05, 0) is 78.5 Å². The maximum Gasteiger partial charge on any atom is 0.269 e. The summed E-state index contributed by atoms with van der Waals surface area (Å²) < 4.78 is 18.8. The Balaban J connectivity index is 1.09. The number of aliphatic hydroxyl groups is 1. The predicted molar refractivity (Wildman–Crippen MR) is 236 cm³/mol. The zero-order valence-electron chi connectivity index (χ0n) is 35.0. The summed E-state index contributed by atoms with van der Waals surface area (Å²) in [6, 6.07) is 34.0. The molecule has 0 saturated carbocycles. The van der Waals surface area contributed by atoms with Gasteiger partial charge in [-0.3, -0.25) is 29.4 Å². The fourth-order valence-corrected chi connectivity index (χ4v) is 14.4. The third kappa shape index (κ3) is 6.64. The Morgan fingerprint density at radius 2 is 1.65 bits per heavy atom. The second kappa shape index (κ2) is 15.8. The van der Waals surface area contributed by atoms with Crippen LogP contribution in [0.4, 0.5) is 22.7 Å². The third-order valence-corrected chi connectivity index (χ3v) is 17.9. The van der Waals surface area contributed by atoms with Gasteiger partial charge in [0.15, 0.2) is 11.4 Å². The highest BCUT2D eigenvalue weighted by Gasteiger charge is 2.67. The molecule has 14 heteroatoms. The summed E-state index contributed by atoms with van der Waals surface area (Å²) in [5, 5.41) is 23.5. The lowest BCUT2D eigenvalue weighted by atomic mass is 9.82. The van der Waals surface area contributed by atoms with Gasteiger partial charge in [-0.1, -0.05) is 73.7 Å². The Labute approximate surface area is 360 Å². The Hall–Kier alpha value is -6.35. The van der Waals surface area contributed by atoms with Crippen molar-refractivity contribution < 1.29 is 38.6 Å². The van der Waals surface area contributed by atoms with Gasteiger partial charge in [0.05, 0.1) is 68.8 Å². The molecule has 5 atom stereocenters. The number of rotatable bonds is 10. The molecule has 0 bridgehead atoms. The van der Waals surface area contributed by atoms with Crippen molar-refractivity contribution in [2.24, 2.45) is 5.92 Å². The number of methoxy groups -OCH3 is 1. The second-order valence-corrected chi connectivity index (χ2v) is 21.8. The van der Waals surface area contributed by atoms with Crippen LogP contribution in [0.5, 0.6) is 17.2 Å². The van der Waals surface area contributed by atoms with Crippen LogP contribution in [0.15, 0.2) is 115 Å². The van der Waals surface area contributed by atoms with Crippen LogP contribution in [0.2, 0.25) is 18.6 Å². The van der Waals surface area contributed by atoms with E-state index in [2.05, 4.69) is 13.1 Å². The lowest BCUT2D eigenvalue weighted by Gasteiger charge is -2.37. The van der Waals surface area contributed by atoms with Crippen molar-refractivity contribution in [2.75, 3.05) is 30.1 Å². The summed E-state index contributed by atoms with van der Waals surface area (Å²) in [4.78, 5) is 60.6. The molecule has 2 saturated heterocycles. The number of carbonyl (C=O) groups is 3. The molecule has 0 unspecified atom stereocenters. The number of hydrogen-bond acceptors (Lipinski definition) is 9. The van der Waals surface area contributed by atoms with Gasteiger partial charge in [-0.15, -0.1) is 0 Å². The van der Waals surface area contributed by atoms with Crippen molar-refractivity contribution in [3.63, 3.8) is 0 Å². The summed E-state index contributed by atoms with van der Waals surface area (Å²) in [7, 11) is -1.03. The minimum Gasteiger partial charge on any atom is -0.497 e. The van der Waals surface area contributed by atoms with E-state index in [4.69, 9.17) is 14.2 Å². The zero-order valence-corrected chi connectivity index (χ0v) is 36.0. The van der Waals surface area contributed by atoms with Gasteiger partial charge in [0.1, 0.15) is 11.5 Å². The molecule has 62 heavy (non-hydrogen) atoms. The quantitative estimate of drug-likeness (QED) is 0.0842. The molecular formula is C48H48N4O9Si. The van der Waals surface area contributed by atoms with Crippen LogP contribution in [0.1, 0.15) is 47.7 Å². The van der Waals surface area contributed by atoms with Crippen molar-refractivity contribution in [3.8, 4) is 17.2 Å². The van der Waals surface area contributed by atoms with Crippen LogP contribution < -0.4 is 24.5 Å². The number of nitro groups is 1. The molecule has 0 aliphatic carbocycles. The molecule has 4 aliphatic rings. The zero-order chi connectivity index (χ0) is 43.5. The number of hydrogen-bond donors (Lipinski definition) is 1. The number of nitrogens with zero attached hydrogens (tertiary/aromatic N) is 4. The number of amides is 3. The van der Waals surface area contributed by atoms with Crippen molar-refractivity contribution in [3.05, 3.63) is 142 Å². The number of para-hydroxylation sites is 3. The Morgan fingerprint density at radius 1 is 0.935 bits per heavy atom. The maximum atomic E-state index is 15.4. The fraction of sp³-hybridized carbons (Fsp3) is 0.312. The number of fused-ring (bicyclic) bond motifs is 4. The Bertz CT molecular complexity index is 2580. The number of anilines is 3. The average molecular weight is 853 g/mol. The van der Waals surface area contributed by atoms with Crippen LogP contribution in [0.25, 0.3) is 0 Å². The summed E-state index contributed by atoms with van der Waals surface area (Å²) >= 11 is 0. The standard InChI is InChI=1S/C48H48N4O9Si/c1-30-45(62(3,4)36-22-20-35(59-2)21-23-36)43(27-44(54)49-25-9-10-34(49)29-53)61-48(30)38-26-33(52(57)58)19-24-39(38)50(47(48)56)28-31-15-17-32(18-16-31)51-40-12-6-8-14-42(40)60-41-13-7-5-11-37(41)46(51)55/h5-8,11-24,26,30,34,43,45,53H,9-10,25,27-29H2,1-4H3/t30-,34+,43+,45-,48+/m1/s1. The van der Waals surface area contributed by atoms with Crippen molar-refractivity contribution in [1.29, 1.82) is 0 Å².